The molecule has 0 saturated heterocycles. The Morgan fingerprint density at radius 3 is 2.42 bits per heavy atom. The summed E-state index contributed by atoms with van der Waals surface area (Å²) in [7, 11) is 3.20. The first kappa shape index (κ1) is 14.4. The molecule has 1 aliphatic carbocycles. The molecule has 1 aromatic carbocycles. The molecule has 0 heterocycles. The fourth-order valence-corrected chi connectivity index (χ4v) is 2.93. The molecule has 0 fully saturated rings. The summed E-state index contributed by atoms with van der Waals surface area (Å²) in [4.78, 5) is 0. The van der Waals surface area contributed by atoms with Crippen LogP contribution in [0.3, 0.4) is 0 Å². The normalized spacial score (nSPS) is 16.7. The van der Waals surface area contributed by atoms with Crippen molar-refractivity contribution >= 4 is 15.9 Å². The highest BCUT2D eigenvalue weighted by Gasteiger charge is 2.20. The molecule has 2 rings (SSSR count). The van der Waals surface area contributed by atoms with E-state index in [2.05, 4.69) is 22.0 Å². The summed E-state index contributed by atoms with van der Waals surface area (Å²) in [6, 6.07) is 3.67. The second kappa shape index (κ2) is 6.44. The predicted molar refractivity (Wildman–Crippen MR) is 78.8 cm³/mol. The molecule has 0 aliphatic heterocycles. The van der Waals surface area contributed by atoms with E-state index in [1.54, 1.807) is 14.2 Å². The van der Waals surface area contributed by atoms with Gasteiger partial charge in [0.05, 0.1) is 14.2 Å². The quantitative estimate of drug-likeness (QED) is 0.850. The van der Waals surface area contributed by atoms with E-state index in [1.807, 2.05) is 12.1 Å². The molecule has 1 aliphatic rings. The minimum atomic E-state index is -0.575. The molecule has 1 N–H and O–H groups in total. The summed E-state index contributed by atoms with van der Waals surface area (Å²) >= 11 is 3.50. The van der Waals surface area contributed by atoms with E-state index in [0.29, 0.717) is 11.5 Å². The van der Waals surface area contributed by atoms with Crippen molar-refractivity contribution in [3.63, 3.8) is 0 Å². The number of methoxy groups -OCH3 is 2. The number of halogens is 1. The van der Waals surface area contributed by atoms with Crippen LogP contribution in [0.2, 0.25) is 0 Å². The van der Waals surface area contributed by atoms with Gasteiger partial charge in [0, 0.05) is 10.0 Å². The molecule has 0 amide bonds. The molecule has 3 nitrogen and oxygen atoms in total. The number of hydrogen-bond donors (Lipinski definition) is 1. The Kier molecular flexibility index (Phi) is 4.88. The zero-order valence-electron chi connectivity index (χ0n) is 11.3. The van der Waals surface area contributed by atoms with Crippen molar-refractivity contribution in [1.29, 1.82) is 0 Å². The number of rotatable bonds is 4. The summed E-state index contributed by atoms with van der Waals surface area (Å²) in [5.74, 6) is 1.29. The van der Waals surface area contributed by atoms with Crippen LogP contribution in [-0.4, -0.2) is 19.3 Å². The van der Waals surface area contributed by atoms with Crippen LogP contribution in [0.1, 0.15) is 37.4 Å². The van der Waals surface area contributed by atoms with Gasteiger partial charge in [-0.2, -0.15) is 0 Å². The number of allylic oxidation sites excluding steroid dienone is 1. The Bertz CT molecular complexity index is 483. The van der Waals surface area contributed by atoms with Crippen molar-refractivity contribution in [3.05, 3.63) is 33.8 Å². The van der Waals surface area contributed by atoms with Gasteiger partial charge in [0.15, 0.2) is 11.5 Å². The summed E-state index contributed by atoms with van der Waals surface area (Å²) in [5.41, 5.74) is 1.92. The van der Waals surface area contributed by atoms with E-state index in [0.717, 1.165) is 34.9 Å². The Balaban J connectivity index is 2.35. The van der Waals surface area contributed by atoms with Crippen molar-refractivity contribution in [2.75, 3.05) is 14.2 Å². The molecule has 104 valence electrons. The van der Waals surface area contributed by atoms with Crippen molar-refractivity contribution in [2.24, 2.45) is 0 Å². The molecular weight excluding hydrogens is 308 g/mol. The van der Waals surface area contributed by atoms with Gasteiger partial charge in [-0.15, -0.1) is 0 Å². The maximum absolute atomic E-state index is 10.5. The average Bonchev–Trinajstić information content (AvgIpc) is 2.47. The Morgan fingerprint density at radius 2 is 1.84 bits per heavy atom. The lowest BCUT2D eigenvalue weighted by Gasteiger charge is -2.21. The Hall–Kier alpha value is -1.00. The molecule has 1 atom stereocenters. The average molecular weight is 327 g/mol. The van der Waals surface area contributed by atoms with Gasteiger partial charge >= 0.3 is 0 Å². The number of ether oxygens (including phenoxy) is 2. The fourth-order valence-electron chi connectivity index (χ4n) is 2.39. The molecule has 0 bridgehead atoms. The van der Waals surface area contributed by atoms with Crippen LogP contribution in [0.15, 0.2) is 28.3 Å². The fraction of sp³-hybridized carbons (Fsp3) is 0.467. The van der Waals surface area contributed by atoms with E-state index < -0.39 is 6.10 Å². The Labute approximate surface area is 122 Å². The maximum Gasteiger partial charge on any atom is 0.161 e. The van der Waals surface area contributed by atoms with Gasteiger partial charge in [0.2, 0.25) is 0 Å². The first-order valence-corrected chi connectivity index (χ1v) is 7.25. The van der Waals surface area contributed by atoms with Gasteiger partial charge in [-0.1, -0.05) is 22.0 Å². The van der Waals surface area contributed by atoms with Crippen molar-refractivity contribution in [3.8, 4) is 11.5 Å². The largest absolute Gasteiger partial charge is 0.493 e. The monoisotopic (exact) mass is 326 g/mol. The second-order valence-corrected chi connectivity index (χ2v) is 5.51. The van der Waals surface area contributed by atoms with Crippen LogP contribution in [0, 0.1) is 0 Å². The molecule has 1 aromatic rings. The molecule has 0 saturated carbocycles. The maximum atomic E-state index is 10.5. The van der Waals surface area contributed by atoms with Crippen LogP contribution in [0.5, 0.6) is 11.5 Å². The standard InChI is InChI=1S/C15H19BrO3/c1-18-13-8-11(12(16)9-14(13)19-2)15(17)10-6-4-3-5-7-10/h6,8-9,15,17H,3-5,7H2,1-2H3. The van der Waals surface area contributed by atoms with Crippen LogP contribution in [0.4, 0.5) is 0 Å². The highest BCUT2D eigenvalue weighted by Crippen LogP contribution is 2.39. The lowest BCUT2D eigenvalue weighted by Crippen LogP contribution is -2.06. The van der Waals surface area contributed by atoms with Gasteiger partial charge in [-0.25, -0.2) is 0 Å². The van der Waals surface area contributed by atoms with Crippen LogP contribution < -0.4 is 9.47 Å². The number of hydrogen-bond acceptors (Lipinski definition) is 3. The number of aliphatic hydroxyl groups is 1. The predicted octanol–water partition coefficient (Wildman–Crippen LogP) is 4.00. The lowest BCUT2D eigenvalue weighted by atomic mass is 9.91. The zero-order valence-corrected chi connectivity index (χ0v) is 12.9. The minimum absolute atomic E-state index is 0.575. The molecule has 4 heteroatoms. The SMILES string of the molecule is COc1cc(Br)c(C(O)C2=CCCCC2)cc1OC. The van der Waals surface area contributed by atoms with Gasteiger partial charge in [-0.3, -0.25) is 0 Å². The van der Waals surface area contributed by atoms with Gasteiger partial charge in [-0.05, 0) is 43.4 Å². The van der Waals surface area contributed by atoms with E-state index in [-0.39, 0.29) is 0 Å². The Morgan fingerprint density at radius 1 is 1.16 bits per heavy atom. The summed E-state index contributed by atoms with van der Waals surface area (Å²) in [6.45, 7) is 0. The van der Waals surface area contributed by atoms with Crippen LogP contribution in [0.25, 0.3) is 0 Å². The smallest absolute Gasteiger partial charge is 0.161 e. The van der Waals surface area contributed by atoms with E-state index in [9.17, 15) is 5.11 Å². The van der Waals surface area contributed by atoms with Crippen LogP contribution >= 0.6 is 15.9 Å². The van der Waals surface area contributed by atoms with Gasteiger partial charge in [0.25, 0.3) is 0 Å². The van der Waals surface area contributed by atoms with Crippen LogP contribution in [-0.2, 0) is 0 Å². The van der Waals surface area contributed by atoms with Gasteiger partial charge < -0.3 is 14.6 Å². The highest BCUT2D eigenvalue weighted by molar-refractivity contribution is 9.10. The number of aliphatic hydroxyl groups excluding tert-OH is 1. The topological polar surface area (TPSA) is 38.7 Å². The summed E-state index contributed by atoms with van der Waals surface area (Å²) in [6.07, 6.45) is 5.95. The van der Waals surface area contributed by atoms with Crippen molar-refractivity contribution < 1.29 is 14.6 Å². The minimum Gasteiger partial charge on any atom is -0.493 e. The first-order valence-electron chi connectivity index (χ1n) is 6.45. The molecular formula is C15H19BrO3. The number of benzene rings is 1. The van der Waals surface area contributed by atoms with E-state index in [1.165, 1.54) is 6.42 Å². The van der Waals surface area contributed by atoms with Gasteiger partial charge in [0.1, 0.15) is 6.10 Å². The molecule has 1 unspecified atom stereocenters. The molecule has 0 aromatic heterocycles. The van der Waals surface area contributed by atoms with E-state index >= 15 is 0 Å². The third kappa shape index (κ3) is 3.12. The lowest BCUT2D eigenvalue weighted by molar-refractivity contribution is 0.207. The molecule has 19 heavy (non-hydrogen) atoms. The zero-order chi connectivity index (χ0) is 13.8. The van der Waals surface area contributed by atoms with E-state index in [4.69, 9.17) is 9.47 Å². The first-order chi connectivity index (χ1) is 9.17. The summed E-state index contributed by atoms with van der Waals surface area (Å²) < 4.78 is 11.4. The second-order valence-electron chi connectivity index (χ2n) is 4.66. The third-order valence-corrected chi connectivity index (χ3v) is 4.16. The molecule has 0 spiro atoms. The summed E-state index contributed by atoms with van der Waals surface area (Å²) in [5, 5.41) is 10.5. The highest BCUT2D eigenvalue weighted by atomic mass is 79.9. The van der Waals surface area contributed by atoms with Crippen molar-refractivity contribution in [1.82, 2.24) is 0 Å². The molecule has 0 radical (unpaired) electrons. The third-order valence-electron chi connectivity index (χ3n) is 3.47. The van der Waals surface area contributed by atoms with Crippen molar-refractivity contribution in [2.45, 2.75) is 31.8 Å².